The van der Waals surface area contributed by atoms with Crippen molar-refractivity contribution in [1.29, 1.82) is 0 Å². The lowest BCUT2D eigenvalue weighted by Crippen LogP contribution is -1.94. The van der Waals surface area contributed by atoms with Crippen LogP contribution in [0.4, 0.5) is 0 Å². The second-order valence-corrected chi connectivity index (χ2v) is 3.02. The molecule has 0 radical (unpaired) electrons. The van der Waals surface area contributed by atoms with Crippen molar-refractivity contribution in [2.45, 2.75) is 33.6 Å². The molecule has 0 saturated heterocycles. The fourth-order valence-electron chi connectivity index (χ4n) is 1.19. The summed E-state index contributed by atoms with van der Waals surface area (Å²) >= 11 is 0. The predicted molar refractivity (Wildman–Crippen MR) is 57.2 cm³/mol. The van der Waals surface area contributed by atoms with Gasteiger partial charge in [-0.2, -0.15) is 0 Å². The summed E-state index contributed by atoms with van der Waals surface area (Å²) in [4.78, 5) is 0. The quantitative estimate of drug-likeness (QED) is 0.423. The van der Waals surface area contributed by atoms with Gasteiger partial charge in [0.25, 0.3) is 0 Å². The van der Waals surface area contributed by atoms with E-state index in [2.05, 4.69) is 45.6 Å². The summed E-state index contributed by atoms with van der Waals surface area (Å²) in [7, 11) is 0. The Bertz CT molecular complexity index is 172. The molecular weight excluding hydrogens is 144 g/mol. The van der Waals surface area contributed by atoms with E-state index in [9.17, 15) is 0 Å². The molecule has 68 valence electrons. The normalized spacial score (nSPS) is 15.1. The fraction of sp³-hybridized carbons (Fsp3) is 0.500. The molecule has 0 aliphatic rings. The van der Waals surface area contributed by atoms with Crippen molar-refractivity contribution in [2.24, 2.45) is 5.92 Å². The molecule has 0 heterocycles. The standard InChI is InChI=1S/C12H20/c1-5-8-10-12(7-3)11(4)9-6-2/h6-8,10-11H,2,5,9H2,1,3-4H3. The maximum atomic E-state index is 3.75. The Balaban J connectivity index is 4.15. The van der Waals surface area contributed by atoms with Crippen LogP contribution in [0.1, 0.15) is 33.6 Å². The summed E-state index contributed by atoms with van der Waals surface area (Å²) in [6, 6.07) is 0. The molecule has 0 aliphatic heterocycles. The van der Waals surface area contributed by atoms with E-state index >= 15 is 0 Å². The summed E-state index contributed by atoms with van der Waals surface area (Å²) < 4.78 is 0. The molecular formula is C12H20. The average molecular weight is 164 g/mol. The third-order valence-electron chi connectivity index (χ3n) is 1.97. The number of allylic oxidation sites excluding steroid dienone is 5. The predicted octanol–water partition coefficient (Wildman–Crippen LogP) is 4.11. The molecule has 0 amide bonds. The van der Waals surface area contributed by atoms with Crippen molar-refractivity contribution in [3.05, 3.63) is 36.5 Å². The first kappa shape index (κ1) is 11.2. The van der Waals surface area contributed by atoms with Crippen LogP contribution >= 0.6 is 0 Å². The Morgan fingerprint density at radius 3 is 2.58 bits per heavy atom. The number of rotatable bonds is 5. The van der Waals surface area contributed by atoms with Crippen molar-refractivity contribution in [1.82, 2.24) is 0 Å². The van der Waals surface area contributed by atoms with E-state index < -0.39 is 0 Å². The molecule has 0 N–H and O–H groups in total. The zero-order valence-electron chi connectivity index (χ0n) is 8.51. The second kappa shape index (κ2) is 6.90. The molecule has 0 heteroatoms. The molecule has 1 unspecified atom stereocenters. The lowest BCUT2D eigenvalue weighted by atomic mass is 9.97. The van der Waals surface area contributed by atoms with Crippen LogP contribution in [0.3, 0.4) is 0 Å². The van der Waals surface area contributed by atoms with Crippen LogP contribution in [-0.4, -0.2) is 0 Å². The van der Waals surface area contributed by atoms with Gasteiger partial charge in [0, 0.05) is 0 Å². The van der Waals surface area contributed by atoms with E-state index in [0.29, 0.717) is 5.92 Å². The summed E-state index contributed by atoms with van der Waals surface area (Å²) in [6.07, 6.45) is 10.8. The van der Waals surface area contributed by atoms with E-state index in [0.717, 1.165) is 12.8 Å². The van der Waals surface area contributed by atoms with Crippen LogP contribution in [0.15, 0.2) is 36.5 Å². The van der Waals surface area contributed by atoms with Crippen LogP contribution in [0, 0.1) is 5.92 Å². The molecule has 1 atom stereocenters. The van der Waals surface area contributed by atoms with Gasteiger partial charge in [-0.3, -0.25) is 0 Å². The van der Waals surface area contributed by atoms with E-state index in [1.165, 1.54) is 5.57 Å². The summed E-state index contributed by atoms with van der Waals surface area (Å²) in [5.41, 5.74) is 1.41. The molecule has 0 aromatic carbocycles. The summed E-state index contributed by atoms with van der Waals surface area (Å²) in [5, 5.41) is 0. The second-order valence-electron chi connectivity index (χ2n) is 3.02. The molecule has 0 fully saturated rings. The Hall–Kier alpha value is -0.780. The maximum absolute atomic E-state index is 3.75. The molecule has 0 aromatic rings. The highest BCUT2D eigenvalue weighted by atomic mass is 14.1. The number of hydrogen-bond donors (Lipinski definition) is 0. The highest BCUT2D eigenvalue weighted by Crippen LogP contribution is 2.16. The minimum Gasteiger partial charge on any atom is -0.103 e. The number of hydrogen-bond acceptors (Lipinski definition) is 0. The van der Waals surface area contributed by atoms with E-state index in [4.69, 9.17) is 0 Å². The summed E-state index contributed by atoms with van der Waals surface area (Å²) in [5.74, 6) is 0.607. The molecule has 0 aliphatic carbocycles. The van der Waals surface area contributed by atoms with Crippen LogP contribution < -0.4 is 0 Å². The monoisotopic (exact) mass is 164 g/mol. The molecule has 12 heavy (non-hydrogen) atoms. The van der Waals surface area contributed by atoms with E-state index in [1.807, 2.05) is 6.08 Å². The van der Waals surface area contributed by atoms with Gasteiger partial charge < -0.3 is 0 Å². The first-order chi connectivity index (χ1) is 5.76. The lowest BCUT2D eigenvalue weighted by Gasteiger charge is -2.09. The van der Waals surface area contributed by atoms with Gasteiger partial charge in [-0.15, -0.1) is 6.58 Å². The van der Waals surface area contributed by atoms with Crippen molar-refractivity contribution in [3.8, 4) is 0 Å². The minimum absolute atomic E-state index is 0.607. The maximum Gasteiger partial charge on any atom is -0.0159 e. The van der Waals surface area contributed by atoms with E-state index in [-0.39, 0.29) is 0 Å². The third-order valence-corrected chi connectivity index (χ3v) is 1.97. The molecule has 0 aromatic heterocycles. The van der Waals surface area contributed by atoms with Crippen LogP contribution in [-0.2, 0) is 0 Å². The van der Waals surface area contributed by atoms with Gasteiger partial charge >= 0.3 is 0 Å². The average Bonchev–Trinajstić information content (AvgIpc) is 2.06. The first-order valence-corrected chi connectivity index (χ1v) is 4.69. The third kappa shape index (κ3) is 4.17. The molecule has 0 spiro atoms. The topological polar surface area (TPSA) is 0 Å². The Kier molecular flexibility index (Phi) is 6.45. The molecule has 0 saturated carbocycles. The Morgan fingerprint density at radius 2 is 2.17 bits per heavy atom. The van der Waals surface area contributed by atoms with Crippen LogP contribution in [0.25, 0.3) is 0 Å². The van der Waals surface area contributed by atoms with Gasteiger partial charge in [0.05, 0.1) is 0 Å². The van der Waals surface area contributed by atoms with Crippen molar-refractivity contribution in [3.63, 3.8) is 0 Å². The van der Waals surface area contributed by atoms with E-state index in [1.54, 1.807) is 0 Å². The largest absolute Gasteiger partial charge is 0.103 e. The highest BCUT2D eigenvalue weighted by molar-refractivity contribution is 5.20. The fourth-order valence-corrected chi connectivity index (χ4v) is 1.19. The van der Waals surface area contributed by atoms with Crippen molar-refractivity contribution in [2.75, 3.05) is 0 Å². The zero-order valence-corrected chi connectivity index (χ0v) is 8.51. The zero-order chi connectivity index (χ0) is 9.40. The van der Waals surface area contributed by atoms with Gasteiger partial charge in [-0.1, -0.05) is 38.2 Å². The molecule has 0 nitrogen and oxygen atoms in total. The molecule has 0 bridgehead atoms. The van der Waals surface area contributed by atoms with Gasteiger partial charge in [-0.05, 0) is 31.3 Å². The first-order valence-electron chi connectivity index (χ1n) is 4.69. The van der Waals surface area contributed by atoms with Gasteiger partial charge in [0.1, 0.15) is 0 Å². The van der Waals surface area contributed by atoms with Gasteiger partial charge in [0.2, 0.25) is 0 Å². The van der Waals surface area contributed by atoms with Crippen LogP contribution in [0.5, 0.6) is 0 Å². The van der Waals surface area contributed by atoms with Crippen molar-refractivity contribution < 1.29 is 0 Å². The Morgan fingerprint density at radius 1 is 1.50 bits per heavy atom. The van der Waals surface area contributed by atoms with Gasteiger partial charge in [-0.25, -0.2) is 0 Å². The van der Waals surface area contributed by atoms with Gasteiger partial charge in [0.15, 0.2) is 0 Å². The minimum atomic E-state index is 0.607. The highest BCUT2D eigenvalue weighted by Gasteiger charge is 2.01. The summed E-state index contributed by atoms with van der Waals surface area (Å²) in [6.45, 7) is 10.2. The molecule has 0 rings (SSSR count). The van der Waals surface area contributed by atoms with Crippen molar-refractivity contribution >= 4 is 0 Å². The lowest BCUT2D eigenvalue weighted by molar-refractivity contribution is 0.711. The smallest absolute Gasteiger partial charge is 0.0159 e. The SMILES string of the molecule is C=CCC(C)C(C=CCC)=CC. The van der Waals surface area contributed by atoms with Crippen LogP contribution in [0.2, 0.25) is 0 Å². The Labute approximate surface area is 76.7 Å².